The molecule has 2 aromatic rings. The van der Waals surface area contributed by atoms with E-state index in [-0.39, 0.29) is 40.2 Å². The van der Waals surface area contributed by atoms with Crippen LogP contribution >= 0.6 is 11.6 Å². The number of hydrogen-bond acceptors (Lipinski definition) is 5. The van der Waals surface area contributed by atoms with E-state index in [0.29, 0.717) is 5.56 Å². The van der Waals surface area contributed by atoms with E-state index >= 15 is 0 Å². The monoisotopic (exact) mass is 423 g/mol. The summed E-state index contributed by atoms with van der Waals surface area (Å²) in [5.74, 6) is -1.64. The van der Waals surface area contributed by atoms with Crippen LogP contribution in [0.3, 0.4) is 0 Å². The van der Waals surface area contributed by atoms with Crippen molar-refractivity contribution in [2.75, 3.05) is 11.3 Å². The number of carboxylic acids is 1. The summed E-state index contributed by atoms with van der Waals surface area (Å²) in [5.41, 5.74) is 0.545. The summed E-state index contributed by atoms with van der Waals surface area (Å²) in [4.78, 5) is 35.1. The van der Waals surface area contributed by atoms with E-state index in [1.54, 1.807) is 12.1 Å². The van der Waals surface area contributed by atoms with Crippen molar-refractivity contribution in [1.29, 1.82) is 0 Å². The molecule has 2 aromatic carbocycles. The number of urea groups is 1. The van der Waals surface area contributed by atoms with E-state index in [9.17, 15) is 22.8 Å². The van der Waals surface area contributed by atoms with Crippen molar-refractivity contribution in [1.82, 2.24) is 10.2 Å². The maximum Gasteiger partial charge on any atom is 0.337 e. The number of sulfonamides is 1. The first kappa shape index (κ1) is 19.6. The third kappa shape index (κ3) is 4.07. The van der Waals surface area contributed by atoms with E-state index < -0.39 is 22.0 Å². The largest absolute Gasteiger partial charge is 0.478 e. The minimum Gasteiger partial charge on any atom is -0.478 e. The van der Waals surface area contributed by atoms with Gasteiger partial charge in [0, 0.05) is 5.69 Å². The molecule has 0 aliphatic carbocycles. The molecule has 0 radical (unpaired) electrons. The molecule has 11 heteroatoms. The van der Waals surface area contributed by atoms with Crippen molar-refractivity contribution < 1.29 is 27.9 Å². The molecule has 3 N–H and O–H groups in total. The zero-order valence-electron chi connectivity index (χ0n) is 14.2. The highest BCUT2D eigenvalue weighted by Gasteiger charge is 2.28. The second kappa shape index (κ2) is 7.49. The second-order valence-electron chi connectivity index (χ2n) is 5.89. The third-order valence-corrected chi connectivity index (χ3v) is 5.63. The fraction of sp³-hybridized carbons (Fsp3) is 0.118. The number of halogens is 1. The van der Waals surface area contributed by atoms with Crippen molar-refractivity contribution in [3.05, 3.63) is 58.6 Å². The Bertz CT molecular complexity index is 1070. The van der Waals surface area contributed by atoms with Crippen molar-refractivity contribution in [3.8, 4) is 0 Å². The summed E-state index contributed by atoms with van der Waals surface area (Å²) < 4.78 is 27.5. The van der Waals surface area contributed by atoms with Crippen LogP contribution in [0.4, 0.5) is 10.5 Å². The van der Waals surface area contributed by atoms with E-state index in [0.717, 1.165) is 23.1 Å². The maximum atomic E-state index is 12.5. The average molecular weight is 424 g/mol. The van der Waals surface area contributed by atoms with E-state index in [1.807, 2.05) is 0 Å². The molecule has 3 rings (SSSR count). The Morgan fingerprint density at radius 3 is 2.57 bits per heavy atom. The van der Waals surface area contributed by atoms with Crippen LogP contribution in [0.1, 0.15) is 15.9 Å². The van der Waals surface area contributed by atoms with Gasteiger partial charge in [0.2, 0.25) is 5.91 Å². The number of benzene rings is 2. The number of nitrogens with one attached hydrogen (secondary N) is 2. The van der Waals surface area contributed by atoms with Crippen LogP contribution in [-0.4, -0.2) is 42.9 Å². The van der Waals surface area contributed by atoms with E-state index in [1.165, 1.54) is 12.1 Å². The molecule has 0 bridgehead atoms. The Kier molecular flexibility index (Phi) is 5.25. The molecular formula is C17H14ClN3O6S. The lowest BCUT2D eigenvalue weighted by atomic mass is 10.2. The normalized spacial score (nSPS) is 14.1. The molecule has 28 heavy (non-hydrogen) atoms. The molecule has 9 nitrogen and oxygen atoms in total. The zero-order valence-corrected chi connectivity index (χ0v) is 15.7. The number of rotatable bonds is 6. The lowest BCUT2D eigenvalue weighted by Gasteiger charge is -2.14. The number of aromatic carboxylic acids is 1. The van der Waals surface area contributed by atoms with Gasteiger partial charge in [-0.15, -0.1) is 0 Å². The predicted octanol–water partition coefficient (Wildman–Crippen LogP) is 1.89. The third-order valence-electron chi connectivity index (χ3n) is 3.94. The fourth-order valence-corrected chi connectivity index (χ4v) is 3.98. The Hall–Kier alpha value is -3.11. The van der Waals surface area contributed by atoms with Gasteiger partial charge in [-0.05, 0) is 35.9 Å². The summed E-state index contributed by atoms with van der Waals surface area (Å²) in [7, 11) is -4.03. The molecule has 1 aliphatic rings. The minimum atomic E-state index is -4.03. The summed E-state index contributed by atoms with van der Waals surface area (Å²) in [5, 5.41) is 11.2. The molecule has 0 aromatic heterocycles. The quantitative estimate of drug-likeness (QED) is 0.607. The minimum absolute atomic E-state index is 0.000624. The van der Waals surface area contributed by atoms with Gasteiger partial charge in [0.1, 0.15) is 0 Å². The van der Waals surface area contributed by atoms with E-state index in [2.05, 4.69) is 10.0 Å². The van der Waals surface area contributed by atoms with Gasteiger partial charge < -0.3 is 10.4 Å². The number of carbonyl (C=O) groups is 3. The lowest BCUT2D eigenvalue weighted by molar-refractivity contribution is -0.125. The predicted molar refractivity (Wildman–Crippen MR) is 99.6 cm³/mol. The molecule has 3 amide bonds. The number of amides is 3. The zero-order chi connectivity index (χ0) is 20.5. The maximum absolute atomic E-state index is 12.5. The van der Waals surface area contributed by atoms with Gasteiger partial charge in [0.15, 0.2) is 0 Å². The summed E-state index contributed by atoms with van der Waals surface area (Å²) in [6, 6.07) is 8.99. The highest BCUT2D eigenvalue weighted by Crippen LogP contribution is 2.23. The van der Waals surface area contributed by atoms with Crippen LogP contribution in [0, 0.1) is 0 Å². The number of imide groups is 1. The first-order valence-corrected chi connectivity index (χ1v) is 9.76. The highest BCUT2D eigenvalue weighted by molar-refractivity contribution is 7.92. The SMILES string of the molecule is O=C(O)c1ccc(S(=O)(=O)Nc2cccc(CN3C(=O)CNC3=O)c2)cc1Cl. The van der Waals surface area contributed by atoms with Crippen molar-refractivity contribution >= 4 is 45.2 Å². The molecule has 0 atom stereocenters. The Labute approximate surface area is 165 Å². The van der Waals surface area contributed by atoms with Gasteiger partial charge in [-0.3, -0.25) is 14.4 Å². The van der Waals surface area contributed by atoms with Crippen molar-refractivity contribution in [2.45, 2.75) is 11.4 Å². The number of anilines is 1. The van der Waals surface area contributed by atoms with Crippen LogP contribution in [0.25, 0.3) is 0 Å². The second-order valence-corrected chi connectivity index (χ2v) is 7.98. The van der Waals surface area contributed by atoms with Crippen molar-refractivity contribution in [2.24, 2.45) is 0 Å². The van der Waals surface area contributed by atoms with Crippen LogP contribution in [0.2, 0.25) is 5.02 Å². The van der Waals surface area contributed by atoms with Gasteiger partial charge in [0.25, 0.3) is 10.0 Å². The summed E-state index contributed by atoms with van der Waals surface area (Å²) in [6.07, 6.45) is 0. The molecule has 0 saturated carbocycles. The number of nitrogens with zero attached hydrogens (tertiary/aromatic N) is 1. The average Bonchev–Trinajstić information content (AvgIpc) is 2.93. The topological polar surface area (TPSA) is 133 Å². The number of hydrogen-bond donors (Lipinski definition) is 3. The van der Waals surface area contributed by atoms with Crippen LogP contribution < -0.4 is 10.0 Å². The smallest absolute Gasteiger partial charge is 0.337 e. The van der Waals surface area contributed by atoms with Gasteiger partial charge in [-0.1, -0.05) is 23.7 Å². The Morgan fingerprint density at radius 2 is 1.96 bits per heavy atom. The molecule has 1 aliphatic heterocycles. The number of carboxylic acid groups (broad SMARTS) is 1. The summed E-state index contributed by atoms with van der Waals surface area (Å²) >= 11 is 5.83. The van der Waals surface area contributed by atoms with E-state index in [4.69, 9.17) is 16.7 Å². The van der Waals surface area contributed by atoms with Gasteiger partial charge in [0.05, 0.1) is 28.6 Å². The molecule has 1 fully saturated rings. The highest BCUT2D eigenvalue weighted by atomic mass is 35.5. The van der Waals surface area contributed by atoms with Crippen LogP contribution in [0.5, 0.6) is 0 Å². The van der Waals surface area contributed by atoms with Gasteiger partial charge in [-0.2, -0.15) is 0 Å². The number of carbonyl (C=O) groups excluding carboxylic acids is 2. The molecule has 1 heterocycles. The van der Waals surface area contributed by atoms with Crippen molar-refractivity contribution in [3.63, 3.8) is 0 Å². The Balaban J connectivity index is 1.81. The molecule has 146 valence electrons. The van der Waals surface area contributed by atoms with Gasteiger partial charge >= 0.3 is 12.0 Å². The van der Waals surface area contributed by atoms with Gasteiger partial charge in [-0.25, -0.2) is 18.0 Å². The van der Waals surface area contributed by atoms with Crippen LogP contribution in [-0.2, 0) is 21.4 Å². The lowest BCUT2D eigenvalue weighted by Crippen LogP contribution is -2.30. The fourth-order valence-electron chi connectivity index (χ4n) is 2.58. The molecular weight excluding hydrogens is 410 g/mol. The molecule has 0 spiro atoms. The first-order chi connectivity index (χ1) is 13.2. The molecule has 1 saturated heterocycles. The van der Waals surface area contributed by atoms with Crippen LogP contribution in [0.15, 0.2) is 47.4 Å². The Morgan fingerprint density at radius 1 is 1.21 bits per heavy atom. The summed E-state index contributed by atoms with van der Waals surface area (Å²) in [6.45, 7) is -0.0718. The molecule has 0 unspecified atom stereocenters. The standard InChI is InChI=1S/C17H14ClN3O6S/c18-14-7-12(4-5-13(14)16(23)24)28(26,27)20-11-3-1-2-10(6-11)9-21-15(22)8-19-17(21)25/h1-7,20H,8-9H2,(H,19,25)(H,23,24). The first-order valence-electron chi connectivity index (χ1n) is 7.90.